The number of carboxylic acids is 1. The SMILES string of the molecule is COc1cc(C(F)F)ccc1S[C@H](NC(=O)[C@@H](C)N)C(=O)O. The van der Waals surface area contributed by atoms with E-state index in [1.807, 2.05) is 0 Å². The molecule has 0 radical (unpaired) electrons. The fraction of sp³-hybridized carbons (Fsp3) is 0.385. The third-order valence-electron chi connectivity index (χ3n) is 2.60. The van der Waals surface area contributed by atoms with Crippen LogP contribution in [0.3, 0.4) is 0 Å². The quantitative estimate of drug-likeness (QED) is 0.517. The van der Waals surface area contributed by atoms with Crippen molar-refractivity contribution in [3.05, 3.63) is 23.8 Å². The second-order valence-corrected chi connectivity index (χ2v) is 5.49. The lowest BCUT2D eigenvalue weighted by Gasteiger charge is -2.17. The lowest BCUT2D eigenvalue weighted by Crippen LogP contribution is -2.45. The van der Waals surface area contributed by atoms with Gasteiger partial charge in [0.15, 0.2) is 5.37 Å². The summed E-state index contributed by atoms with van der Waals surface area (Å²) in [5.41, 5.74) is 5.12. The molecule has 0 aromatic heterocycles. The van der Waals surface area contributed by atoms with E-state index in [1.165, 1.54) is 26.2 Å². The van der Waals surface area contributed by atoms with Crippen molar-refractivity contribution in [2.45, 2.75) is 29.7 Å². The third-order valence-corrected chi connectivity index (χ3v) is 3.74. The van der Waals surface area contributed by atoms with Gasteiger partial charge in [-0.15, -0.1) is 0 Å². The summed E-state index contributed by atoms with van der Waals surface area (Å²) in [6.45, 7) is 1.41. The molecule has 2 atom stereocenters. The maximum Gasteiger partial charge on any atom is 0.337 e. The molecule has 22 heavy (non-hydrogen) atoms. The lowest BCUT2D eigenvalue weighted by atomic mass is 10.2. The molecule has 0 saturated carbocycles. The standard InChI is InChI=1S/C13H16F2N2O4S/c1-6(16)11(18)17-12(13(19)20)22-9-4-3-7(10(14)15)5-8(9)21-2/h3-6,10,12H,16H2,1-2H3,(H,17,18)(H,19,20)/t6-,12+/m1/s1. The molecule has 9 heteroatoms. The monoisotopic (exact) mass is 334 g/mol. The summed E-state index contributed by atoms with van der Waals surface area (Å²) in [5.74, 6) is -1.83. The number of hydrogen-bond donors (Lipinski definition) is 3. The summed E-state index contributed by atoms with van der Waals surface area (Å²) >= 11 is 0.757. The first kappa shape index (κ1) is 18.2. The Morgan fingerprint density at radius 2 is 2.05 bits per heavy atom. The lowest BCUT2D eigenvalue weighted by molar-refractivity contribution is -0.139. The Labute approximate surface area is 130 Å². The molecular formula is C13H16F2N2O4S. The second-order valence-electron chi connectivity index (χ2n) is 4.34. The summed E-state index contributed by atoms with van der Waals surface area (Å²) in [7, 11) is 1.28. The van der Waals surface area contributed by atoms with Crippen LogP contribution in [0.15, 0.2) is 23.1 Å². The van der Waals surface area contributed by atoms with Crippen LogP contribution in [0.25, 0.3) is 0 Å². The van der Waals surface area contributed by atoms with Crippen LogP contribution < -0.4 is 15.8 Å². The van der Waals surface area contributed by atoms with Crippen molar-refractivity contribution in [2.75, 3.05) is 7.11 Å². The summed E-state index contributed by atoms with van der Waals surface area (Å²) in [5, 5.41) is 10.1. The number of carboxylic acid groups (broad SMARTS) is 1. The van der Waals surface area contributed by atoms with Gasteiger partial charge in [-0.1, -0.05) is 17.8 Å². The Kier molecular flexibility index (Phi) is 6.57. The number of carbonyl (C=O) groups excluding carboxylic acids is 1. The molecule has 1 aromatic carbocycles. The van der Waals surface area contributed by atoms with Crippen LogP contribution >= 0.6 is 11.8 Å². The van der Waals surface area contributed by atoms with Gasteiger partial charge < -0.3 is 20.9 Å². The molecule has 1 aromatic rings. The predicted molar refractivity (Wildman–Crippen MR) is 77.0 cm³/mol. The number of ether oxygens (including phenoxy) is 1. The average Bonchev–Trinajstić information content (AvgIpc) is 2.46. The van der Waals surface area contributed by atoms with Gasteiger partial charge >= 0.3 is 5.97 Å². The number of hydrogen-bond acceptors (Lipinski definition) is 5. The van der Waals surface area contributed by atoms with Gasteiger partial charge in [0, 0.05) is 5.56 Å². The minimum absolute atomic E-state index is 0.101. The van der Waals surface area contributed by atoms with Gasteiger partial charge in [-0.25, -0.2) is 13.6 Å². The fourth-order valence-electron chi connectivity index (χ4n) is 1.45. The number of nitrogens with one attached hydrogen (secondary N) is 1. The van der Waals surface area contributed by atoms with Crippen molar-refractivity contribution in [3.8, 4) is 5.75 Å². The van der Waals surface area contributed by atoms with E-state index in [0.717, 1.165) is 17.8 Å². The smallest absolute Gasteiger partial charge is 0.337 e. The summed E-state index contributed by atoms with van der Waals surface area (Å²) in [6.07, 6.45) is -2.67. The van der Waals surface area contributed by atoms with Crippen molar-refractivity contribution in [1.82, 2.24) is 5.32 Å². The molecule has 0 aliphatic rings. The van der Waals surface area contributed by atoms with E-state index < -0.39 is 29.7 Å². The van der Waals surface area contributed by atoms with E-state index >= 15 is 0 Å². The third kappa shape index (κ3) is 4.85. The molecule has 0 saturated heterocycles. The molecule has 0 unspecified atom stereocenters. The van der Waals surface area contributed by atoms with Crippen LogP contribution in [-0.4, -0.2) is 35.5 Å². The van der Waals surface area contributed by atoms with Crippen molar-refractivity contribution in [3.63, 3.8) is 0 Å². The Hall–Kier alpha value is -1.87. The first-order valence-corrected chi connectivity index (χ1v) is 7.05. The molecule has 4 N–H and O–H groups in total. The molecular weight excluding hydrogens is 318 g/mol. The zero-order valence-corrected chi connectivity index (χ0v) is 12.7. The van der Waals surface area contributed by atoms with E-state index in [-0.39, 0.29) is 11.3 Å². The number of carbonyl (C=O) groups is 2. The molecule has 0 aliphatic heterocycles. The Morgan fingerprint density at radius 3 is 2.50 bits per heavy atom. The average molecular weight is 334 g/mol. The van der Waals surface area contributed by atoms with Gasteiger partial charge in [0.1, 0.15) is 5.75 Å². The highest BCUT2D eigenvalue weighted by Crippen LogP contribution is 2.34. The number of benzene rings is 1. The molecule has 0 fully saturated rings. The van der Waals surface area contributed by atoms with Crippen LogP contribution in [-0.2, 0) is 9.59 Å². The van der Waals surface area contributed by atoms with E-state index in [2.05, 4.69) is 5.32 Å². The minimum Gasteiger partial charge on any atom is -0.496 e. The zero-order valence-electron chi connectivity index (χ0n) is 11.9. The zero-order chi connectivity index (χ0) is 16.9. The summed E-state index contributed by atoms with van der Waals surface area (Å²) in [4.78, 5) is 23.0. The number of amides is 1. The van der Waals surface area contributed by atoms with Crippen LogP contribution in [0.2, 0.25) is 0 Å². The maximum atomic E-state index is 12.6. The van der Waals surface area contributed by atoms with Crippen molar-refractivity contribution in [2.24, 2.45) is 5.73 Å². The number of rotatable bonds is 7. The number of thioether (sulfide) groups is 1. The van der Waals surface area contributed by atoms with Crippen LogP contribution in [0.1, 0.15) is 18.9 Å². The molecule has 1 rings (SSSR count). The van der Waals surface area contributed by atoms with Gasteiger partial charge in [-0.05, 0) is 19.1 Å². The van der Waals surface area contributed by atoms with Crippen LogP contribution in [0.4, 0.5) is 8.78 Å². The molecule has 0 spiro atoms. The first-order chi connectivity index (χ1) is 10.3. The van der Waals surface area contributed by atoms with Gasteiger partial charge in [0.25, 0.3) is 6.43 Å². The number of methoxy groups -OCH3 is 1. The van der Waals surface area contributed by atoms with Crippen LogP contribution in [0, 0.1) is 0 Å². The number of halogens is 2. The van der Waals surface area contributed by atoms with E-state index in [0.29, 0.717) is 4.90 Å². The number of nitrogens with two attached hydrogens (primary N) is 1. The topological polar surface area (TPSA) is 102 Å². The Morgan fingerprint density at radius 1 is 1.41 bits per heavy atom. The van der Waals surface area contributed by atoms with Gasteiger partial charge in [0.2, 0.25) is 5.91 Å². The van der Waals surface area contributed by atoms with Gasteiger partial charge in [0.05, 0.1) is 18.0 Å². The van der Waals surface area contributed by atoms with Crippen molar-refractivity contribution >= 4 is 23.6 Å². The normalized spacial score (nSPS) is 13.5. The Balaban J connectivity index is 2.98. The highest BCUT2D eigenvalue weighted by molar-refractivity contribution is 8.00. The number of aliphatic carboxylic acids is 1. The van der Waals surface area contributed by atoms with E-state index in [1.54, 1.807) is 0 Å². The fourth-order valence-corrected chi connectivity index (χ4v) is 2.38. The highest BCUT2D eigenvalue weighted by atomic mass is 32.2. The molecule has 6 nitrogen and oxygen atoms in total. The largest absolute Gasteiger partial charge is 0.496 e. The Bertz CT molecular complexity index is 555. The molecule has 0 aliphatic carbocycles. The minimum atomic E-state index is -2.67. The molecule has 0 heterocycles. The van der Waals surface area contributed by atoms with Gasteiger partial charge in [-0.2, -0.15) is 0 Å². The van der Waals surface area contributed by atoms with E-state index in [9.17, 15) is 18.4 Å². The van der Waals surface area contributed by atoms with Crippen LogP contribution in [0.5, 0.6) is 5.75 Å². The summed E-state index contributed by atoms with van der Waals surface area (Å²) in [6, 6.07) is 2.74. The predicted octanol–water partition coefficient (Wildman–Crippen LogP) is 1.60. The highest BCUT2D eigenvalue weighted by Gasteiger charge is 2.24. The first-order valence-electron chi connectivity index (χ1n) is 6.17. The van der Waals surface area contributed by atoms with Crippen molar-refractivity contribution in [1.29, 1.82) is 0 Å². The van der Waals surface area contributed by atoms with Gasteiger partial charge in [-0.3, -0.25) is 4.79 Å². The summed E-state index contributed by atoms with van der Waals surface area (Å²) < 4.78 is 30.3. The van der Waals surface area contributed by atoms with E-state index in [4.69, 9.17) is 15.6 Å². The number of alkyl halides is 2. The van der Waals surface area contributed by atoms with Crippen molar-refractivity contribution < 1.29 is 28.2 Å². The second kappa shape index (κ2) is 7.95. The maximum absolute atomic E-state index is 12.6. The molecule has 0 bridgehead atoms. The molecule has 122 valence electrons. The molecule has 1 amide bonds.